The van der Waals surface area contributed by atoms with E-state index in [0.717, 1.165) is 11.1 Å². The standard InChI is InChI=1S/C27H27NO5/c29-18-10-17-27(19-21-11-4-1-5-12-21)25(30)33-24(23-15-8-3-9-16-23)28(27)26(31)32-20-22-13-6-2-7-14-22/h1-9,11-16,24,29H,10,17-20H2/t24-,27-/m1/s1. The SMILES string of the molecule is O=C(OCc1ccccc1)N1[C@@H](c2ccccc2)OC(=O)[C@@]1(CCCO)Cc1ccccc1. The molecule has 1 fully saturated rings. The van der Waals surface area contributed by atoms with Crippen LogP contribution in [0.4, 0.5) is 4.79 Å². The molecule has 170 valence electrons. The summed E-state index contributed by atoms with van der Waals surface area (Å²) in [4.78, 5) is 28.4. The molecule has 1 N–H and O–H groups in total. The van der Waals surface area contributed by atoms with Crippen LogP contribution in [0.5, 0.6) is 0 Å². The van der Waals surface area contributed by atoms with Gasteiger partial charge in [-0.3, -0.25) is 4.90 Å². The number of aliphatic hydroxyl groups excluding tert-OH is 1. The zero-order valence-corrected chi connectivity index (χ0v) is 18.3. The number of carbonyl (C=O) groups excluding carboxylic acids is 2. The van der Waals surface area contributed by atoms with Gasteiger partial charge in [-0.15, -0.1) is 0 Å². The number of esters is 1. The minimum absolute atomic E-state index is 0.0767. The van der Waals surface area contributed by atoms with Crippen LogP contribution in [-0.4, -0.2) is 34.2 Å². The molecule has 6 heteroatoms. The fraction of sp³-hybridized carbons (Fsp3) is 0.259. The lowest BCUT2D eigenvalue weighted by molar-refractivity contribution is -0.145. The van der Waals surface area contributed by atoms with Gasteiger partial charge >= 0.3 is 12.1 Å². The molecule has 4 rings (SSSR count). The molecule has 1 aliphatic rings. The Balaban J connectivity index is 1.72. The summed E-state index contributed by atoms with van der Waals surface area (Å²) >= 11 is 0. The highest BCUT2D eigenvalue weighted by Crippen LogP contribution is 2.43. The van der Waals surface area contributed by atoms with Crippen LogP contribution >= 0.6 is 0 Å². The van der Waals surface area contributed by atoms with Crippen LogP contribution in [-0.2, 0) is 27.3 Å². The molecule has 3 aromatic rings. The predicted molar refractivity (Wildman–Crippen MR) is 123 cm³/mol. The lowest BCUT2D eigenvalue weighted by Gasteiger charge is -2.35. The molecule has 0 aliphatic carbocycles. The van der Waals surface area contributed by atoms with E-state index in [1.54, 1.807) is 0 Å². The largest absolute Gasteiger partial charge is 0.444 e. The van der Waals surface area contributed by atoms with Crippen molar-refractivity contribution < 1.29 is 24.2 Å². The number of ether oxygens (including phenoxy) is 2. The van der Waals surface area contributed by atoms with Crippen molar-refractivity contribution in [3.63, 3.8) is 0 Å². The van der Waals surface area contributed by atoms with Crippen LogP contribution in [0.1, 0.15) is 35.8 Å². The maximum Gasteiger partial charge on any atom is 0.414 e. The third-order valence-corrected chi connectivity index (χ3v) is 5.87. The average molecular weight is 446 g/mol. The highest BCUT2D eigenvalue weighted by atomic mass is 16.6. The van der Waals surface area contributed by atoms with E-state index in [4.69, 9.17) is 9.47 Å². The molecule has 0 spiro atoms. The Morgan fingerprint density at radius 3 is 2.09 bits per heavy atom. The third kappa shape index (κ3) is 4.91. The van der Waals surface area contributed by atoms with Crippen LogP contribution in [0.2, 0.25) is 0 Å². The van der Waals surface area contributed by atoms with Crippen LogP contribution in [0.3, 0.4) is 0 Å². The van der Waals surface area contributed by atoms with Gasteiger partial charge in [-0.2, -0.15) is 0 Å². The summed E-state index contributed by atoms with van der Waals surface area (Å²) in [5.41, 5.74) is 1.12. The molecule has 0 unspecified atom stereocenters. The molecule has 6 nitrogen and oxygen atoms in total. The summed E-state index contributed by atoms with van der Waals surface area (Å²) in [5, 5.41) is 9.57. The van der Waals surface area contributed by atoms with Crippen molar-refractivity contribution in [2.45, 2.75) is 37.6 Å². The molecule has 0 bridgehead atoms. The normalized spacial score (nSPS) is 19.8. The molecular formula is C27H27NO5. The molecule has 1 saturated heterocycles. The molecule has 3 aromatic carbocycles. The molecule has 1 aliphatic heterocycles. The lowest BCUT2D eigenvalue weighted by Crippen LogP contribution is -2.53. The van der Waals surface area contributed by atoms with Crippen molar-refractivity contribution in [1.29, 1.82) is 0 Å². The van der Waals surface area contributed by atoms with E-state index in [-0.39, 0.29) is 26.1 Å². The van der Waals surface area contributed by atoms with E-state index in [9.17, 15) is 14.7 Å². The first-order valence-electron chi connectivity index (χ1n) is 11.0. The summed E-state index contributed by atoms with van der Waals surface area (Å²) in [6.07, 6.45) is -0.694. The van der Waals surface area contributed by atoms with Crippen molar-refractivity contribution in [1.82, 2.24) is 4.90 Å². The lowest BCUT2D eigenvalue weighted by atomic mass is 9.85. The number of cyclic esters (lactones) is 1. The number of hydrogen-bond acceptors (Lipinski definition) is 5. The molecule has 0 radical (unpaired) electrons. The second kappa shape index (κ2) is 10.3. The molecule has 1 heterocycles. The van der Waals surface area contributed by atoms with E-state index in [2.05, 4.69) is 0 Å². The molecule has 0 saturated carbocycles. The minimum Gasteiger partial charge on any atom is -0.444 e. The topological polar surface area (TPSA) is 76.1 Å². The van der Waals surface area contributed by atoms with Crippen molar-refractivity contribution in [3.05, 3.63) is 108 Å². The highest BCUT2D eigenvalue weighted by molar-refractivity contribution is 5.89. The van der Waals surface area contributed by atoms with E-state index < -0.39 is 23.8 Å². The minimum atomic E-state index is -1.29. The van der Waals surface area contributed by atoms with Crippen molar-refractivity contribution in [2.75, 3.05) is 6.61 Å². The van der Waals surface area contributed by atoms with Crippen LogP contribution in [0, 0.1) is 0 Å². The summed E-state index contributed by atoms with van der Waals surface area (Å²) in [5.74, 6) is -0.495. The van der Waals surface area contributed by atoms with Crippen LogP contribution in [0.25, 0.3) is 0 Å². The van der Waals surface area contributed by atoms with Crippen molar-refractivity contribution >= 4 is 12.1 Å². The van der Waals surface area contributed by atoms with Gasteiger partial charge in [0.05, 0.1) is 0 Å². The third-order valence-electron chi connectivity index (χ3n) is 5.87. The number of aliphatic hydroxyl groups is 1. The molecule has 33 heavy (non-hydrogen) atoms. The fourth-order valence-corrected chi connectivity index (χ4v) is 4.25. The monoisotopic (exact) mass is 445 g/mol. The van der Waals surface area contributed by atoms with E-state index in [0.29, 0.717) is 12.0 Å². The van der Waals surface area contributed by atoms with Crippen molar-refractivity contribution in [3.8, 4) is 0 Å². The zero-order valence-electron chi connectivity index (χ0n) is 18.3. The molecule has 1 amide bonds. The quantitative estimate of drug-likeness (QED) is 0.512. The van der Waals surface area contributed by atoms with Gasteiger partial charge in [0.15, 0.2) is 5.54 Å². The first-order valence-corrected chi connectivity index (χ1v) is 11.0. The summed E-state index contributed by atoms with van der Waals surface area (Å²) in [7, 11) is 0. The number of rotatable bonds is 8. The van der Waals surface area contributed by atoms with Gasteiger partial charge in [0.2, 0.25) is 6.23 Å². The molecule has 2 atom stereocenters. The highest BCUT2D eigenvalue weighted by Gasteiger charge is 2.58. The van der Waals surface area contributed by atoms with E-state index in [1.807, 2.05) is 91.0 Å². The Labute approximate surface area is 193 Å². The summed E-state index contributed by atoms with van der Waals surface area (Å²) in [6.45, 7) is -0.0278. The number of nitrogens with zero attached hydrogens (tertiary/aromatic N) is 1. The maximum atomic E-state index is 13.5. The van der Waals surface area contributed by atoms with Gasteiger partial charge in [0.25, 0.3) is 0 Å². The number of benzene rings is 3. The summed E-state index contributed by atoms with van der Waals surface area (Å²) < 4.78 is 11.5. The van der Waals surface area contributed by atoms with Gasteiger partial charge in [0, 0.05) is 18.6 Å². The average Bonchev–Trinajstić information content (AvgIpc) is 3.15. The van der Waals surface area contributed by atoms with Gasteiger partial charge < -0.3 is 14.6 Å². The Hall–Kier alpha value is -3.64. The van der Waals surface area contributed by atoms with Gasteiger partial charge in [0.1, 0.15) is 6.61 Å². The fourth-order valence-electron chi connectivity index (χ4n) is 4.25. The van der Waals surface area contributed by atoms with Gasteiger partial charge in [-0.25, -0.2) is 9.59 Å². The van der Waals surface area contributed by atoms with Crippen molar-refractivity contribution in [2.24, 2.45) is 0 Å². The maximum absolute atomic E-state index is 13.5. The zero-order chi connectivity index (χ0) is 23.1. The predicted octanol–water partition coefficient (Wildman–Crippen LogP) is 4.63. The number of carbonyl (C=O) groups is 2. The second-order valence-electron chi connectivity index (χ2n) is 8.10. The second-order valence-corrected chi connectivity index (χ2v) is 8.10. The van der Waals surface area contributed by atoms with Gasteiger partial charge in [-0.05, 0) is 24.0 Å². The smallest absolute Gasteiger partial charge is 0.414 e. The van der Waals surface area contributed by atoms with E-state index in [1.165, 1.54) is 4.90 Å². The molecule has 0 aromatic heterocycles. The Morgan fingerprint density at radius 1 is 0.909 bits per heavy atom. The number of hydrogen-bond donors (Lipinski definition) is 1. The Morgan fingerprint density at radius 2 is 1.48 bits per heavy atom. The first kappa shape index (κ1) is 22.6. The summed E-state index contributed by atoms with van der Waals surface area (Å²) in [6, 6.07) is 28.1. The number of amides is 1. The van der Waals surface area contributed by atoms with Gasteiger partial charge in [-0.1, -0.05) is 91.0 Å². The molecular weight excluding hydrogens is 418 g/mol. The Kier molecular flexibility index (Phi) is 7.05. The Bertz CT molecular complexity index is 1060. The van der Waals surface area contributed by atoms with Crippen LogP contribution in [0.15, 0.2) is 91.0 Å². The first-order chi connectivity index (χ1) is 16.1. The van der Waals surface area contributed by atoms with Crippen LogP contribution < -0.4 is 0 Å². The van der Waals surface area contributed by atoms with E-state index >= 15 is 0 Å².